The van der Waals surface area contributed by atoms with E-state index in [2.05, 4.69) is 9.97 Å². The number of benzene rings is 2. The molecule has 39 heavy (non-hydrogen) atoms. The second kappa shape index (κ2) is 12.4. The first kappa shape index (κ1) is 27.6. The fourth-order valence-corrected chi connectivity index (χ4v) is 3.61. The van der Waals surface area contributed by atoms with E-state index in [-0.39, 0.29) is 12.4 Å². The van der Waals surface area contributed by atoms with Gasteiger partial charge in [0.1, 0.15) is 24.3 Å². The van der Waals surface area contributed by atoms with Gasteiger partial charge in [0.2, 0.25) is 11.7 Å². The van der Waals surface area contributed by atoms with Crippen molar-refractivity contribution in [3.8, 4) is 5.75 Å². The van der Waals surface area contributed by atoms with Crippen LogP contribution in [-0.4, -0.2) is 34.2 Å². The minimum absolute atomic E-state index is 0.181. The Morgan fingerprint density at radius 3 is 2.62 bits per heavy atom. The number of aromatic nitrogens is 3. The molecule has 0 bridgehead atoms. The number of carbonyl (C=O) groups is 1. The van der Waals surface area contributed by atoms with Crippen LogP contribution in [0.3, 0.4) is 0 Å². The summed E-state index contributed by atoms with van der Waals surface area (Å²) in [7, 11) is 1.31. The van der Waals surface area contributed by atoms with Crippen LogP contribution in [0, 0.1) is 6.92 Å². The lowest BCUT2D eigenvalue weighted by Crippen LogP contribution is -2.14. The maximum absolute atomic E-state index is 12.7. The van der Waals surface area contributed by atoms with E-state index < -0.39 is 17.7 Å². The Morgan fingerprint density at radius 1 is 1.10 bits per heavy atom. The zero-order valence-corrected chi connectivity index (χ0v) is 21.3. The van der Waals surface area contributed by atoms with Gasteiger partial charge in [-0.05, 0) is 54.0 Å². The van der Waals surface area contributed by atoms with Gasteiger partial charge in [-0.25, -0.2) is 14.8 Å². The molecule has 2 aromatic heterocycles. The molecule has 204 valence electrons. The Labute approximate surface area is 222 Å². The van der Waals surface area contributed by atoms with Crippen LogP contribution in [0.1, 0.15) is 44.5 Å². The third-order valence-corrected chi connectivity index (χ3v) is 5.74. The van der Waals surface area contributed by atoms with Crippen molar-refractivity contribution >= 4 is 18.1 Å². The van der Waals surface area contributed by atoms with Crippen molar-refractivity contribution in [2.24, 2.45) is 0 Å². The van der Waals surface area contributed by atoms with Gasteiger partial charge in [0.15, 0.2) is 0 Å². The van der Waals surface area contributed by atoms with Crippen LogP contribution in [0.4, 0.5) is 13.2 Å². The van der Waals surface area contributed by atoms with Gasteiger partial charge in [-0.3, -0.25) is 0 Å². The van der Waals surface area contributed by atoms with Gasteiger partial charge >= 0.3 is 12.1 Å². The van der Waals surface area contributed by atoms with Crippen molar-refractivity contribution in [2.45, 2.75) is 32.9 Å². The largest absolute Gasteiger partial charge is 0.487 e. The van der Waals surface area contributed by atoms with E-state index in [1.54, 1.807) is 22.9 Å². The summed E-state index contributed by atoms with van der Waals surface area (Å²) in [4.78, 5) is 20.0. The molecule has 0 spiro atoms. The number of ether oxygens (including phenoxy) is 3. The lowest BCUT2D eigenvalue weighted by atomic mass is 10.1. The molecule has 4 rings (SSSR count). The molecule has 0 saturated carbocycles. The molecule has 0 atom stereocenters. The number of oxazole rings is 1. The first-order chi connectivity index (χ1) is 18.7. The number of nitrogens with zero attached hydrogens (tertiary/aromatic N) is 3. The minimum Gasteiger partial charge on any atom is -0.487 e. The number of carbonyl (C=O) groups excluding carboxylic acids is 1. The van der Waals surface area contributed by atoms with Crippen LogP contribution in [0.25, 0.3) is 12.2 Å². The van der Waals surface area contributed by atoms with Gasteiger partial charge in [0.05, 0.1) is 25.9 Å². The standard InChI is InChI=1S/C28H26F3N3O5/c1-19-15-24(9-6-21(19)16-37-14-13-34-12-11-32-26(34)27(35)36-2)38-17-23-18-39-25(33-23)10-5-20-3-7-22(8-4-20)28(29,30)31/h3-12,15,18H,13-14,16-17H2,1-2H3/b10-5+. The fraction of sp³-hybridized carbons (Fsp3) is 0.250. The predicted octanol–water partition coefficient (Wildman–Crippen LogP) is 5.95. The highest BCUT2D eigenvalue weighted by molar-refractivity contribution is 5.85. The second-order valence-corrected chi connectivity index (χ2v) is 8.50. The summed E-state index contributed by atoms with van der Waals surface area (Å²) in [6.07, 6.45) is 3.53. The van der Waals surface area contributed by atoms with E-state index in [0.29, 0.717) is 42.7 Å². The lowest BCUT2D eigenvalue weighted by Gasteiger charge is -2.11. The van der Waals surface area contributed by atoms with E-state index in [0.717, 1.165) is 23.3 Å². The molecule has 8 nitrogen and oxygen atoms in total. The normalized spacial score (nSPS) is 11.7. The third-order valence-electron chi connectivity index (χ3n) is 5.74. The van der Waals surface area contributed by atoms with Crippen LogP contribution in [0.2, 0.25) is 0 Å². The van der Waals surface area contributed by atoms with Crippen molar-refractivity contribution in [2.75, 3.05) is 13.7 Å². The van der Waals surface area contributed by atoms with Crippen LogP contribution >= 0.6 is 0 Å². The molecular formula is C28H26F3N3O5. The maximum Gasteiger partial charge on any atom is 0.416 e. The highest BCUT2D eigenvalue weighted by Gasteiger charge is 2.29. The Morgan fingerprint density at radius 2 is 1.90 bits per heavy atom. The Balaban J connectivity index is 1.24. The van der Waals surface area contributed by atoms with Crippen molar-refractivity contribution in [3.63, 3.8) is 0 Å². The molecule has 2 aromatic carbocycles. The van der Waals surface area contributed by atoms with Gasteiger partial charge in [-0.2, -0.15) is 13.2 Å². The summed E-state index contributed by atoms with van der Waals surface area (Å²) in [6, 6.07) is 10.5. The van der Waals surface area contributed by atoms with Crippen molar-refractivity contribution in [3.05, 3.63) is 101 Å². The van der Waals surface area contributed by atoms with Gasteiger partial charge in [0, 0.05) is 25.0 Å². The summed E-state index contributed by atoms with van der Waals surface area (Å²) >= 11 is 0. The summed E-state index contributed by atoms with van der Waals surface area (Å²) in [6.45, 7) is 3.38. The first-order valence-electron chi connectivity index (χ1n) is 11.9. The molecule has 0 saturated heterocycles. The predicted molar refractivity (Wildman–Crippen MR) is 136 cm³/mol. The number of hydrogen-bond acceptors (Lipinski definition) is 7. The number of aryl methyl sites for hydroxylation is 1. The molecule has 11 heteroatoms. The quantitative estimate of drug-likeness (QED) is 0.171. The Hall–Kier alpha value is -4.38. The van der Waals surface area contributed by atoms with Crippen molar-refractivity contribution < 1.29 is 36.6 Å². The second-order valence-electron chi connectivity index (χ2n) is 8.50. The molecule has 0 aliphatic rings. The molecule has 0 unspecified atom stereocenters. The number of methoxy groups -OCH3 is 1. The topological polar surface area (TPSA) is 88.6 Å². The number of alkyl halides is 3. The zero-order chi connectivity index (χ0) is 27.8. The molecular weight excluding hydrogens is 515 g/mol. The number of imidazole rings is 1. The molecule has 0 radical (unpaired) electrons. The molecule has 0 fully saturated rings. The van der Waals surface area contributed by atoms with Gasteiger partial charge < -0.3 is 23.2 Å². The molecule has 0 N–H and O–H groups in total. The van der Waals surface area contributed by atoms with E-state index >= 15 is 0 Å². The third kappa shape index (κ3) is 7.57. The summed E-state index contributed by atoms with van der Waals surface area (Å²) in [5.74, 6) is 0.699. The zero-order valence-electron chi connectivity index (χ0n) is 21.3. The number of esters is 1. The molecule has 0 amide bonds. The summed E-state index contributed by atoms with van der Waals surface area (Å²) < 4.78 is 61.4. The monoisotopic (exact) mass is 541 g/mol. The average molecular weight is 542 g/mol. The lowest BCUT2D eigenvalue weighted by molar-refractivity contribution is -0.137. The van der Waals surface area contributed by atoms with E-state index in [4.69, 9.17) is 18.6 Å². The maximum atomic E-state index is 12.7. The van der Waals surface area contributed by atoms with E-state index in [9.17, 15) is 18.0 Å². The molecule has 2 heterocycles. The average Bonchev–Trinajstić information content (AvgIpc) is 3.58. The SMILES string of the molecule is COC(=O)c1nccn1CCOCc1ccc(OCc2coc(/C=C/c3ccc(C(F)(F)F)cc3)n2)cc1C. The summed E-state index contributed by atoms with van der Waals surface area (Å²) in [5.41, 5.74) is 2.44. The van der Waals surface area contributed by atoms with Crippen LogP contribution in [0.5, 0.6) is 5.75 Å². The van der Waals surface area contributed by atoms with Gasteiger partial charge in [-0.1, -0.05) is 18.2 Å². The Kier molecular flexibility index (Phi) is 8.82. The number of halogens is 3. The van der Waals surface area contributed by atoms with Crippen molar-refractivity contribution in [1.29, 1.82) is 0 Å². The van der Waals surface area contributed by atoms with E-state index in [1.807, 2.05) is 25.1 Å². The highest BCUT2D eigenvalue weighted by Crippen LogP contribution is 2.29. The Bertz CT molecular complexity index is 1420. The smallest absolute Gasteiger partial charge is 0.416 e. The van der Waals surface area contributed by atoms with E-state index in [1.165, 1.54) is 31.7 Å². The van der Waals surface area contributed by atoms with Gasteiger partial charge in [-0.15, -0.1) is 0 Å². The first-order valence-corrected chi connectivity index (χ1v) is 11.9. The summed E-state index contributed by atoms with van der Waals surface area (Å²) in [5, 5.41) is 0. The van der Waals surface area contributed by atoms with Crippen molar-refractivity contribution in [1.82, 2.24) is 14.5 Å². The number of rotatable bonds is 11. The molecule has 4 aromatic rings. The molecule has 0 aliphatic heterocycles. The van der Waals surface area contributed by atoms with Crippen LogP contribution in [-0.2, 0) is 35.4 Å². The number of hydrogen-bond donors (Lipinski definition) is 0. The van der Waals surface area contributed by atoms with Gasteiger partial charge in [0.25, 0.3) is 0 Å². The minimum atomic E-state index is -4.37. The highest BCUT2D eigenvalue weighted by atomic mass is 19.4. The van der Waals surface area contributed by atoms with Crippen LogP contribution in [0.15, 0.2) is 65.5 Å². The fourth-order valence-electron chi connectivity index (χ4n) is 3.61. The van der Waals surface area contributed by atoms with Crippen LogP contribution < -0.4 is 4.74 Å². The molecule has 0 aliphatic carbocycles.